The summed E-state index contributed by atoms with van der Waals surface area (Å²) < 4.78 is 2.06. The molecular weight excluding hydrogens is 312 g/mol. The molecule has 2 aliphatic rings. The molecule has 0 saturated heterocycles. The fourth-order valence-electron chi connectivity index (χ4n) is 4.70. The normalized spacial score (nSPS) is 24.7. The highest BCUT2D eigenvalue weighted by molar-refractivity contribution is 5.96. The van der Waals surface area contributed by atoms with E-state index in [0.717, 1.165) is 17.5 Å². The van der Waals surface area contributed by atoms with E-state index in [1.807, 2.05) is 24.2 Å². The number of fused-ring (bicyclic) bond motifs is 1. The van der Waals surface area contributed by atoms with Gasteiger partial charge in [-0.1, -0.05) is 32.6 Å². The SMILES string of the molecule is C[C@H]1CCCC[C@H]1N(C)C(=O)c1cnc2c(cnn2C2CCCC2)c1. The van der Waals surface area contributed by atoms with Gasteiger partial charge in [0.1, 0.15) is 0 Å². The molecule has 2 aromatic heterocycles. The highest BCUT2D eigenvalue weighted by Crippen LogP contribution is 2.32. The minimum Gasteiger partial charge on any atom is -0.338 e. The Kier molecular flexibility index (Phi) is 4.48. The number of rotatable bonds is 3. The number of carbonyl (C=O) groups is 1. The van der Waals surface area contributed by atoms with Crippen molar-refractivity contribution < 1.29 is 4.79 Å². The average Bonchev–Trinajstić information content (AvgIpc) is 3.29. The van der Waals surface area contributed by atoms with Gasteiger partial charge >= 0.3 is 0 Å². The average molecular weight is 340 g/mol. The van der Waals surface area contributed by atoms with Gasteiger partial charge < -0.3 is 4.90 Å². The van der Waals surface area contributed by atoms with Crippen LogP contribution in [0.25, 0.3) is 11.0 Å². The zero-order valence-electron chi connectivity index (χ0n) is 15.3. The topological polar surface area (TPSA) is 51.0 Å². The van der Waals surface area contributed by atoms with Crippen molar-refractivity contribution in [3.63, 3.8) is 0 Å². The molecule has 2 fully saturated rings. The van der Waals surface area contributed by atoms with Crippen molar-refractivity contribution in [2.24, 2.45) is 5.92 Å². The molecule has 0 aromatic carbocycles. The Hall–Kier alpha value is -1.91. The summed E-state index contributed by atoms with van der Waals surface area (Å²) in [6.07, 6.45) is 13.3. The Morgan fingerprint density at radius 3 is 2.60 bits per heavy atom. The smallest absolute Gasteiger partial charge is 0.255 e. The van der Waals surface area contributed by atoms with E-state index in [4.69, 9.17) is 0 Å². The zero-order chi connectivity index (χ0) is 17.4. The molecule has 134 valence electrons. The lowest BCUT2D eigenvalue weighted by atomic mass is 9.85. The standard InChI is InChI=1S/C20H28N4O/c1-14-7-3-6-10-18(14)23(2)20(25)16-11-15-13-22-24(19(15)21-12-16)17-8-4-5-9-17/h11-14,17-18H,3-10H2,1-2H3/t14-,18+/m0/s1. The van der Waals surface area contributed by atoms with Crippen molar-refractivity contribution in [2.75, 3.05) is 7.05 Å². The Morgan fingerprint density at radius 2 is 1.84 bits per heavy atom. The molecule has 0 N–H and O–H groups in total. The molecule has 25 heavy (non-hydrogen) atoms. The summed E-state index contributed by atoms with van der Waals surface area (Å²) >= 11 is 0. The van der Waals surface area contributed by atoms with Crippen LogP contribution in [0.2, 0.25) is 0 Å². The van der Waals surface area contributed by atoms with Crippen LogP contribution >= 0.6 is 0 Å². The van der Waals surface area contributed by atoms with Gasteiger partial charge in [0.2, 0.25) is 0 Å². The van der Waals surface area contributed by atoms with Crippen LogP contribution < -0.4 is 0 Å². The minimum atomic E-state index is 0.0850. The summed E-state index contributed by atoms with van der Waals surface area (Å²) in [5, 5.41) is 5.53. The van der Waals surface area contributed by atoms with Gasteiger partial charge in [-0.15, -0.1) is 0 Å². The van der Waals surface area contributed by atoms with E-state index in [0.29, 0.717) is 23.6 Å². The Labute approximate surface area is 149 Å². The third-order valence-electron chi connectivity index (χ3n) is 6.23. The van der Waals surface area contributed by atoms with E-state index in [2.05, 4.69) is 21.7 Å². The number of hydrogen-bond donors (Lipinski definition) is 0. The summed E-state index contributed by atoms with van der Waals surface area (Å²) in [4.78, 5) is 19.5. The number of pyridine rings is 1. The molecule has 1 amide bonds. The molecule has 5 heteroatoms. The Bertz CT molecular complexity index is 762. The number of hydrogen-bond acceptors (Lipinski definition) is 3. The van der Waals surface area contributed by atoms with Crippen LogP contribution in [0.3, 0.4) is 0 Å². The Balaban J connectivity index is 1.57. The summed E-state index contributed by atoms with van der Waals surface area (Å²) in [5.41, 5.74) is 1.59. The van der Waals surface area contributed by atoms with Crippen LogP contribution in [0.5, 0.6) is 0 Å². The van der Waals surface area contributed by atoms with Gasteiger partial charge in [0.15, 0.2) is 5.65 Å². The van der Waals surface area contributed by atoms with Gasteiger partial charge in [-0.05, 0) is 37.7 Å². The van der Waals surface area contributed by atoms with Gasteiger partial charge in [-0.3, -0.25) is 4.79 Å². The predicted octanol–water partition coefficient (Wildman–Crippen LogP) is 4.20. The third kappa shape index (κ3) is 3.05. The second-order valence-corrected chi connectivity index (χ2v) is 7.91. The van der Waals surface area contributed by atoms with E-state index in [1.165, 1.54) is 44.9 Å². The molecule has 4 rings (SSSR count). The third-order valence-corrected chi connectivity index (χ3v) is 6.23. The van der Waals surface area contributed by atoms with Crippen LogP contribution in [0.15, 0.2) is 18.5 Å². The number of carbonyl (C=O) groups excluding carboxylic acids is 1. The molecule has 2 aliphatic carbocycles. The van der Waals surface area contributed by atoms with E-state index in [-0.39, 0.29) is 5.91 Å². The number of amides is 1. The van der Waals surface area contributed by atoms with E-state index < -0.39 is 0 Å². The first-order chi connectivity index (χ1) is 12.1. The van der Waals surface area contributed by atoms with Crippen molar-refractivity contribution in [2.45, 2.75) is 70.4 Å². The first kappa shape index (κ1) is 16.6. The fourth-order valence-corrected chi connectivity index (χ4v) is 4.70. The zero-order valence-corrected chi connectivity index (χ0v) is 15.3. The van der Waals surface area contributed by atoms with E-state index in [1.54, 1.807) is 6.20 Å². The number of nitrogens with zero attached hydrogens (tertiary/aromatic N) is 4. The highest BCUT2D eigenvalue weighted by atomic mass is 16.2. The lowest BCUT2D eigenvalue weighted by Crippen LogP contribution is -2.42. The van der Waals surface area contributed by atoms with Crippen molar-refractivity contribution in [3.8, 4) is 0 Å². The monoisotopic (exact) mass is 340 g/mol. The van der Waals surface area contributed by atoms with Crippen molar-refractivity contribution in [1.82, 2.24) is 19.7 Å². The highest BCUT2D eigenvalue weighted by Gasteiger charge is 2.29. The van der Waals surface area contributed by atoms with Gasteiger partial charge in [0.25, 0.3) is 5.91 Å². The first-order valence-electron chi connectivity index (χ1n) is 9.75. The van der Waals surface area contributed by atoms with Crippen LogP contribution in [-0.2, 0) is 0 Å². The number of aromatic nitrogens is 3. The molecule has 2 saturated carbocycles. The van der Waals surface area contributed by atoms with Crippen LogP contribution in [0.4, 0.5) is 0 Å². The maximum Gasteiger partial charge on any atom is 0.255 e. The van der Waals surface area contributed by atoms with Crippen LogP contribution in [0, 0.1) is 5.92 Å². The van der Waals surface area contributed by atoms with Crippen molar-refractivity contribution >= 4 is 16.9 Å². The quantitative estimate of drug-likeness (QED) is 0.841. The molecule has 5 nitrogen and oxygen atoms in total. The van der Waals surface area contributed by atoms with Crippen molar-refractivity contribution in [3.05, 3.63) is 24.0 Å². The largest absolute Gasteiger partial charge is 0.338 e. The summed E-state index contributed by atoms with van der Waals surface area (Å²) in [5.74, 6) is 0.659. The predicted molar refractivity (Wildman–Crippen MR) is 98.5 cm³/mol. The van der Waals surface area contributed by atoms with Crippen LogP contribution in [0.1, 0.15) is 74.7 Å². The Morgan fingerprint density at radius 1 is 1.12 bits per heavy atom. The molecule has 0 radical (unpaired) electrons. The lowest BCUT2D eigenvalue weighted by Gasteiger charge is -2.36. The van der Waals surface area contributed by atoms with Gasteiger partial charge in [-0.2, -0.15) is 5.10 Å². The maximum atomic E-state index is 13.0. The lowest BCUT2D eigenvalue weighted by molar-refractivity contribution is 0.0628. The second-order valence-electron chi connectivity index (χ2n) is 7.91. The summed E-state index contributed by atoms with van der Waals surface area (Å²) in [7, 11) is 1.95. The molecule has 2 aromatic rings. The molecule has 0 bridgehead atoms. The molecule has 2 atom stereocenters. The summed E-state index contributed by atoms with van der Waals surface area (Å²) in [6.45, 7) is 2.26. The van der Waals surface area contributed by atoms with Gasteiger partial charge in [0.05, 0.1) is 17.8 Å². The fraction of sp³-hybridized carbons (Fsp3) is 0.650. The van der Waals surface area contributed by atoms with Gasteiger partial charge in [-0.25, -0.2) is 9.67 Å². The summed E-state index contributed by atoms with van der Waals surface area (Å²) in [6, 6.07) is 2.78. The molecule has 0 aliphatic heterocycles. The minimum absolute atomic E-state index is 0.0850. The van der Waals surface area contributed by atoms with E-state index in [9.17, 15) is 4.79 Å². The molecule has 0 unspecified atom stereocenters. The van der Waals surface area contributed by atoms with Crippen LogP contribution in [-0.4, -0.2) is 38.7 Å². The molecule has 0 spiro atoms. The van der Waals surface area contributed by atoms with E-state index >= 15 is 0 Å². The van der Waals surface area contributed by atoms with Gasteiger partial charge in [0, 0.05) is 24.7 Å². The first-order valence-corrected chi connectivity index (χ1v) is 9.75. The molecular formula is C20H28N4O. The molecule has 2 heterocycles. The second kappa shape index (κ2) is 6.77. The maximum absolute atomic E-state index is 13.0. The van der Waals surface area contributed by atoms with Crippen molar-refractivity contribution in [1.29, 1.82) is 0 Å².